The summed E-state index contributed by atoms with van der Waals surface area (Å²) in [7, 11) is 1.56. The van der Waals surface area contributed by atoms with Gasteiger partial charge in [-0.1, -0.05) is 86.6 Å². The van der Waals surface area contributed by atoms with Gasteiger partial charge in [-0.3, -0.25) is 38.1 Å². The van der Waals surface area contributed by atoms with E-state index in [4.69, 9.17) is 63.7 Å². The number of esters is 5. The van der Waals surface area contributed by atoms with Crippen molar-refractivity contribution in [3.05, 3.63) is 148 Å². The highest BCUT2D eigenvalue weighted by Crippen LogP contribution is 2.64. The number of carbonyl (C=O) groups excluding carboxylic acids is 9. The number of aromatic nitrogens is 1. The molecule has 4 aliphatic carbocycles. The summed E-state index contributed by atoms with van der Waals surface area (Å²) in [5.41, 5.74) is -5.59. The van der Waals surface area contributed by atoms with Gasteiger partial charge in [0.25, 0.3) is 5.91 Å². The Bertz CT molecular complexity index is 3930. The molecule has 1 saturated heterocycles. The van der Waals surface area contributed by atoms with Gasteiger partial charge in [-0.05, 0) is 105 Å². The summed E-state index contributed by atoms with van der Waals surface area (Å²) >= 11 is 6.35. The monoisotopic (exact) mass is 1450 g/mol. The first-order valence-electron chi connectivity index (χ1n) is 34.9. The molecule has 11 atom stereocenters. The molecule has 5 aromatic rings. The van der Waals surface area contributed by atoms with Crippen molar-refractivity contribution in [1.29, 1.82) is 0 Å². The van der Waals surface area contributed by atoms with Gasteiger partial charge < -0.3 is 73.0 Å². The predicted octanol–water partition coefficient (Wildman–Crippen LogP) is 7.81. The number of Topliss-reactive ketones (excluding diaryl/α,β-unsaturated/α-hetero) is 1. The number of methoxy groups -OCH3 is 1. The molecule has 26 heteroatoms. The Morgan fingerprint density at radius 1 is 0.728 bits per heavy atom. The Balaban J connectivity index is 0.780. The molecule has 10 rings (SSSR count). The molecule has 2 bridgehead atoms. The number of alkyl halides is 1. The minimum Gasteiger partial charge on any atom is -0.496 e. The molecule has 0 unspecified atom stereocenters. The molecule has 25 nitrogen and oxygen atoms in total. The van der Waals surface area contributed by atoms with E-state index in [0.29, 0.717) is 35.4 Å². The zero-order valence-electron chi connectivity index (χ0n) is 59.3. The molecular weight excluding hydrogens is 1350 g/mol. The summed E-state index contributed by atoms with van der Waals surface area (Å²) in [4.78, 5) is 128. The first-order valence-corrected chi connectivity index (χ1v) is 35.3. The van der Waals surface area contributed by atoms with Gasteiger partial charge in [-0.2, -0.15) is 0 Å². The number of ether oxygens (including phenoxy) is 11. The molecule has 103 heavy (non-hydrogen) atoms. The van der Waals surface area contributed by atoms with Crippen LogP contribution >= 0.6 is 11.6 Å². The average Bonchev–Trinajstić information content (AvgIpc) is 1.14. The third kappa shape index (κ3) is 16.4. The van der Waals surface area contributed by atoms with Gasteiger partial charge >= 0.3 is 29.8 Å². The van der Waals surface area contributed by atoms with E-state index in [1.807, 2.05) is 25.1 Å². The number of nitrogens with one attached hydrogen (secondary N) is 2. The molecule has 554 valence electrons. The fourth-order valence-corrected chi connectivity index (χ4v) is 15.8. The van der Waals surface area contributed by atoms with E-state index >= 15 is 9.59 Å². The Morgan fingerprint density at radius 3 is 1.92 bits per heavy atom. The second-order valence-electron chi connectivity index (χ2n) is 27.6. The van der Waals surface area contributed by atoms with Gasteiger partial charge in [0.2, 0.25) is 17.9 Å². The standard InChI is InChI=1S/C77H92ClN3O22/c1-45-57(43-77(92)69(102-72(90)52-23-16-11-17-24-52)67-75(7,58(84)42-59-76(67,44-98-59)103-48(4)83)68(87)65(99-47(3)82)63(45)74(77,5)6)100-73(91)66(64(49-19-12-9-13-20-49)80-70(88)50-21-14-10-15-22-50)101-61(86)31-33-94-35-37-96-39-40-97-38-36-95-34-32-79-60(85)41-54-46(2)81(55-25-18-26-56(93-8)62(54)55)71(89)51-27-29-53(78)30-28-51/h9-26,51,53,57-59,64-67,69,84,92H,27-44H2,1-8H3,(H,79,85)(H,80,88)/t51?,53?,57-,58-,59+,64-,65+,66+,67-,69-,75+,76-,77+/m0/s1. The van der Waals surface area contributed by atoms with Crippen molar-refractivity contribution < 1.29 is 105 Å². The fraction of sp³-hybridized carbons (Fsp3) is 0.519. The molecular formula is C77H92ClN3O22. The number of nitrogens with zero attached hydrogens (tertiary/aromatic N) is 1. The van der Waals surface area contributed by atoms with Gasteiger partial charge in [-0.25, -0.2) is 9.59 Å². The van der Waals surface area contributed by atoms with E-state index in [2.05, 4.69) is 10.6 Å². The number of aliphatic hydroxyl groups is 2. The molecule has 4 fully saturated rings. The van der Waals surface area contributed by atoms with Gasteiger partial charge in [0.05, 0.1) is 108 Å². The normalized spacial score (nSPS) is 26.1. The minimum absolute atomic E-state index is 0.00432. The molecule has 5 aliphatic rings. The molecule has 4 N–H and O–H groups in total. The number of hydrogen-bond acceptors (Lipinski definition) is 22. The van der Waals surface area contributed by atoms with Crippen molar-refractivity contribution in [1.82, 2.24) is 15.2 Å². The third-order valence-electron chi connectivity index (χ3n) is 21.0. The molecule has 1 aromatic heterocycles. The molecule has 0 radical (unpaired) electrons. The van der Waals surface area contributed by atoms with Crippen molar-refractivity contribution in [2.24, 2.45) is 22.7 Å². The second kappa shape index (κ2) is 33.6. The summed E-state index contributed by atoms with van der Waals surface area (Å²) in [6, 6.07) is 28.1. The molecule has 2 amide bonds. The molecule has 1 aliphatic heterocycles. The summed E-state index contributed by atoms with van der Waals surface area (Å²) in [5.74, 6) is -7.98. The molecule has 3 saturated carbocycles. The van der Waals surface area contributed by atoms with Gasteiger partial charge in [-0.15, -0.1) is 11.6 Å². The van der Waals surface area contributed by atoms with E-state index in [1.54, 1.807) is 104 Å². The average molecular weight is 1450 g/mol. The van der Waals surface area contributed by atoms with Crippen molar-refractivity contribution in [3.63, 3.8) is 0 Å². The Kier molecular flexibility index (Phi) is 25.2. The lowest BCUT2D eigenvalue weighted by atomic mass is 9.44. The van der Waals surface area contributed by atoms with Crippen LogP contribution in [-0.4, -0.2) is 194 Å². The van der Waals surface area contributed by atoms with E-state index in [9.17, 15) is 43.8 Å². The third-order valence-corrected chi connectivity index (χ3v) is 21.4. The van der Waals surface area contributed by atoms with Gasteiger partial charge in [0.1, 0.15) is 35.7 Å². The van der Waals surface area contributed by atoms with Crippen molar-refractivity contribution >= 4 is 75.9 Å². The van der Waals surface area contributed by atoms with Crippen molar-refractivity contribution in [2.45, 2.75) is 159 Å². The number of hydrogen-bond donors (Lipinski definition) is 4. The quantitative estimate of drug-likeness (QED) is 0.0112. The fourth-order valence-electron chi connectivity index (χ4n) is 15.5. The van der Waals surface area contributed by atoms with Gasteiger partial charge in [0, 0.05) is 66.6 Å². The predicted molar refractivity (Wildman–Crippen MR) is 372 cm³/mol. The van der Waals surface area contributed by atoms with E-state index in [1.165, 1.54) is 26.0 Å². The summed E-state index contributed by atoms with van der Waals surface area (Å²) in [5, 5.41) is 33.0. The summed E-state index contributed by atoms with van der Waals surface area (Å²) < 4.78 is 67.4. The molecule has 2 heterocycles. The zero-order valence-corrected chi connectivity index (χ0v) is 60.0. The number of rotatable bonds is 30. The van der Waals surface area contributed by atoms with E-state index in [-0.39, 0.29) is 124 Å². The highest BCUT2D eigenvalue weighted by Gasteiger charge is 2.78. The SMILES string of the molecule is COc1cccc2c1c(CC(=O)NCCOCCOCCOCCOCCC(=O)O[C@@H](C(=O)O[C@H]1C[C@@]3(O)[C@@H](OC(=O)c4ccccc4)[C@@H]4[C@]5(OC(C)=O)CO[C@@H]5C[C@H](O)[C@@]4(C)C(=O)[C@H](OC(C)=O)C(=C1C)C3(C)C)[C@@H](NC(=O)c1ccccc1)c1ccccc1)c(C)n2C(=O)C1CCC(Cl)CC1. The maximum Gasteiger partial charge on any atom is 0.350 e. The van der Waals surface area contributed by atoms with Crippen LogP contribution in [0.25, 0.3) is 10.9 Å². The van der Waals surface area contributed by atoms with Crippen LogP contribution in [-0.2, 0) is 82.6 Å². The smallest absolute Gasteiger partial charge is 0.350 e. The lowest BCUT2D eigenvalue weighted by Gasteiger charge is -2.67. The number of halogens is 1. The van der Waals surface area contributed by atoms with Crippen LogP contribution in [0.15, 0.2) is 120 Å². The molecule has 0 spiro atoms. The first kappa shape index (κ1) is 77.2. The Morgan fingerprint density at radius 2 is 1.33 bits per heavy atom. The summed E-state index contributed by atoms with van der Waals surface area (Å²) in [6.45, 7) is 11.0. The van der Waals surface area contributed by atoms with Crippen LogP contribution in [0.1, 0.15) is 135 Å². The van der Waals surface area contributed by atoms with Crippen molar-refractivity contribution in [2.75, 3.05) is 73.1 Å². The van der Waals surface area contributed by atoms with Crippen molar-refractivity contribution in [3.8, 4) is 5.75 Å². The minimum atomic E-state index is -2.51. The maximum atomic E-state index is 15.9. The van der Waals surface area contributed by atoms with Crippen LogP contribution in [0.3, 0.4) is 0 Å². The number of benzene rings is 4. The van der Waals surface area contributed by atoms with Crippen LogP contribution in [0.2, 0.25) is 0 Å². The van der Waals surface area contributed by atoms with E-state index < -0.39 is 125 Å². The number of ketones is 1. The number of amides is 2. The zero-order chi connectivity index (χ0) is 74.0. The number of aliphatic hydroxyl groups excluding tert-OH is 1. The maximum absolute atomic E-state index is 15.9. The van der Waals surface area contributed by atoms with Gasteiger partial charge in [0.15, 0.2) is 17.5 Å². The topological polar surface area (TPSA) is 325 Å². The Labute approximate surface area is 602 Å². The van der Waals surface area contributed by atoms with E-state index in [0.717, 1.165) is 37.6 Å². The second-order valence-corrected chi connectivity index (χ2v) is 28.2. The van der Waals surface area contributed by atoms with Crippen LogP contribution in [0.4, 0.5) is 0 Å². The Hall–Kier alpha value is -8.40. The largest absolute Gasteiger partial charge is 0.496 e. The summed E-state index contributed by atoms with van der Waals surface area (Å²) in [6.07, 6.45) is -8.49. The molecule has 4 aromatic carbocycles. The first-order chi connectivity index (χ1) is 49.3. The highest BCUT2D eigenvalue weighted by atomic mass is 35.5. The van der Waals surface area contributed by atoms with Crippen LogP contribution in [0, 0.1) is 29.6 Å². The lowest BCUT2D eigenvalue weighted by molar-refractivity contribution is -0.346. The highest BCUT2D eigenvalue weighted by molar-refractivity contribution is 6.20. The number of carbonyl (C=O) groups is 9. The van der Waals surface area contributed by atoms with Crippen LogP contribution < -0.4 is 15.4 Å². The van der Waals surface area contributed by atoms with Crippen LogP contribution in [0.5, 0.6) is 5.75 Å². The number of fused-ring (bicyclic) bond motifs is 6. The lowest BCUT2D eigenvalue weighted by Crippen LogP contribution is -2.82.